The normalized spacial score (nSPS) is 18.7. The zero-order valence-corrected chi connectivity index (χ0v) is 23.4. The van der Waals surface area contributed by atoms with Crippen LogP contribution in [0.2, 0.25) is 5.02 Å². The zero-order valence-electron chi connectivity index (χ0n) is 22.6. The average Bonchev–Trinajstić information content (AvgIpc) is 3.40. The number of halogens is 2. The number of amides is 1. The van der Waals surface area contributed by atoms with Gasteiger partial charge in [-0.05, 0) is 54.1 Å². The van der Waals surface area contributed by atoms with E-state index in [1.54, 1.807) is 30.3 Å². The van der Waals surface area contributed by atoms with E-state index < -0.39 is 0 Å². The fraction of sp³-hybridized carbons (Fsp3) is 0.258. The molecule has 4 aromatic rings. The van der Waals surface area contributed by atoms with Crippen molar-refractivity contribution in [3.63, 3.8) is 0 Å². The predicted molar refractivity (Wildman–Crippen MR) is 159 cm³/mol. The van der Waals surface area contributed by atoms with Crippen LogP contribution >= 0.6 is 11.6 Å². The van der Waals surface area contributed by atoms with Gasteiger partial charge in [0.25, 0.3) is 0 Å². The molecule has 1 amide bonds. The maximum atomic E-state index is 13.4. The highest BCUT2D eigenvalue weighted by atomic mass is 35.5. The molecule has 1 aromatic heterocycles. The van der Waals surface area contributed by atoms with E-state index in [1.165, 1.54) is 24.5 Å². The largest absolute Gasteiger partial charge is 0.487 e. The van der Waals surface area contributed by atoms with Gasteiger partial charge in [0.2, 0.25) is 5.91 Å². The summed E-state index contributed by atoms with van der Waals surface area (Å²) in [5.74, 6) is 0.475. The topological polar surface area (TPSA) is 97.8 Å². The molecule has 0 spiro atoms. The minimum Gasteiger partial charge on any atom is -0.487 e. The van der Waals surface area contributed by atoms with E-state index >= 15 is 0 Å². The summed E-state index contributed by atoms with van der Waals surface area (Å²) in [6.07, 6.45) is 5.07. The summed E-state index contributed by atoms with van der Waals surface area (Å²) >= 11 is 6.47. The molecule has 2 aliphatic rings. The van der Waals surface area contributed by atoms with Gasteiger partial charge < -0.3 is 24.8 Å². The first-order valence-electron chi connectivity index (χ1n) is 13.6. The van der Waals surface area contributed by atoms with Crippen molar-refractivity contribution >= 4 is 45.6 Å². The highest BCUT2D eigenvalue weighted by Crippen LogP contribution is 2.31. The first-order chi connectivity index (χ1) is 20.5. The molecular weight excluding hydrogens is 561 g/mol. The Balaban J connectivity index is 1.08. The minimum absolute atomic E-state index is 0.109. The van der Waals surface area contributed by atoms with Crippen molar-refractivity contribution in [1.29, 1.82) is 0 Å². The van der Waals surface area contributed by atoms with Crippen LogP contribution in [0.25, 0.3) is 10.9 Å². The first kappa shape index (κ1) is 28.0. The molecule has 2 fully saturated rings. The number of ether oxygens (including phenoxy) is 3. The number of nitrogens with zero attached hydrogens (tertiary/aromatic N) is 3. The third-order valence-corrected chi connectivity index (χ3v) is 7.35. The fourth-order valence-electron chi connectivity index (χ4n) is 5.03. The molecule has 6 rings (SSSR count). The summed E-state index contributed by atoms with van der Waals surface area (Å²) in [6.45, 7) is 3.70. The molecule has 3 heterocycles. The van der Waals surface area contributed by atoms with Gasteiger partial charge in [-0.25, -0.2) is 14.4 Å². The summed E-state index contributed by atoms with van der Waals surface area (Å²) in [5, 5.41) is 7.29. The molecule has 0 saturated carbocycles. The Labute approximate surface area is 247 Å². The monoisotopic (exact) mass is 589 g/mol. The molecule has 2 saturated heterocycles. The van der Waals surface area contributed by atoms with Crippen molar-refractivity contribution in [2.45, 2.75) is 18.8 Å². The molecule has 11 heteroatoms. The van der Waals surface area contributed by atoms with Crippen LogP contribution in [0.15, 0.2) is 79.1 Å². The van der Waals surface area contributed by atoms with E-state index in [1.807, 2.05) is 24.3 Å². The lowest BCUT2D eigenvalue weighted by atomic mass is 10.2. The van der Waals surface area contributed by atoms with E-state index in [9.17, 15) is 9.18 Å². The third kappa shape index (κ3) is 6.85. The number of nitrogens with one attached hydrogen (secondary N) is 2. The van der Waals surface area contributed by atoms with Gasteiger partial charge in [-0.3, -0.25) is 9.69 Å². The van der Waals surface area contributed by atoms with Gasteiger partial charge in [0, 0.05) is 42.5 Å². The van der Waals surface area contributed by atoms with E-state index in [4.69, 9.17) is 25.8 Å². The number of likely N-dealkylation sites (tertiary alicyclic amines) is 1. The van der Waals surface area contributed by atoms with Crippen LogP contribution in [0, 0.1) is 5.82 Å². The van der Waals surface area contributed by atoms with Crippen molar-refractivity contribution in [1.82, 2.24) is 14.9 Å². The number of rotatable bonds is 9. The lowest BCUT2D eigenvalue weighted by molar-refractivity contribution is -0.116. The van der Waals surface area contributed by atoms with Gasteiger partial charge in [-0.15, -0.1) is 0 Å². The highest BCUT2D eigenvalue weighted by molar-refractivity contribution is 6.32. The van der Waals surface area contributed by atoms with Gasteiger partial charge in [-0.2, -0.15) is 0 Å². The van der Waals surface area contributed by atoms with Crippen LogP contribution in [0.1, 0.15) is 5.56 Å². The van der Waals surface area contributed by atoms with Crippen molar-refractivity contribution in [2.75, 3.05) is 43.5 Å². The lowest BCUT2D eigenvalue weighted by Gasteiger charge is -2.24. The van der Waals surface area contributed by atoms with Crippen LogP contribution in [0.4, 0.5) is 21.6 Å². The van der Waals surface area contributed by atoms with Gasteiger partial charge in [0.05, 0.1) is 36.0 Å². The molecule has 9 nitrogen and oxygen atoms in total. The molecule has 42 heavy (non-hydrogen) atoms. The maximum absolute atomic E-state index is 13.4. The zero-order chi connectivity index (χ0) is 28.9. The summed E-state index contributed by atoms with van der Waals surface area (Å²) in [7, 11) is 0. The molecule has 2 aliphatic heterocycles. The molecule has 0 radical (unpaired) electrons. The Morgan fingerprint density at radius 2 is 1.86 bits per heavy atom. The molecule has 216 valence electrons. The number of carbonyl (C=O) groups excluding carboxylic acids is 1. The van der Waals surface area contributed by atoms with Gasteiger partial charge in [0.15, 0.2) is 0 Å². The number of fused-ring (bicyclic) bond motifs is 2. The minimum atomic E-state index is -0.320. The molecule has 0 aliphatic carbocycles. The standard InChI is InChI=1S/C31H29ClFN5O4/c32-25-15-23(7-9-27(25)42-18-20-3-1-4-21(33)13-20)37-31-24-14-22(6-8-26(24)34-19-35-31)36-30(39)5-2-10-38-16-28-29(17-38)41-12-11-40-28/h1-9,13-15,19,28-29H,10-12,16-18H2,(H,36,39)(H,34,35,37)/t28-,29+. The Kier molecular flexibility index (Phi) is 8.57. The second-order valence-electron chi connectivity index (χ2n) is 10.1. The van der Waals surface area contributed by atoms with Crippen molar-refractivity contribution < 1.29 is 23.4 Å². The quantitative estimate of drug-likeness (QED) is 0.253. The van der Waals surface area contributed by atoms with Gasteiger partial charge >= 0.3 is 0 Å². The number of benzene rings is 3. The van der Waals surface area contributed by atoms with Gasteiger partial charge in [-0.1, -0.05) is 29.8 Å². The second kappa shape index (κ2) is 12.8. The number of hydrogen-bond donors (Lipinski definition) is 2. The number of hydrogen-bond acceptors (Lipinski definition) is 8. The molecule has 2 N–H and O–H groups in total. The maximum Gasteiger partial charge on any atom is 0.248 e. The van der Waals surface area contributed by atoms with Crippen LogP contribution in [0.3, 0.4) is 0 Å². The number of aromatic nitrogens is 2. The molecule has 0 bridgehead atoms. The Morgan fingerprint density at radius 3 is 2.64 bits per heavy atom. The molecule has 0 unspecified atom stereocenters. The Bertz CT molecular complexity index is 1610. The smallest absolute Gasteiger partial charge is 0.248 e. The molecular formula is C31H29ClFN5O4. The van der Waals surface area contributed by atoms with E-state index in [2.05, 4.69) is 25.5 Å². The van der Waals surface area contributed by atoms with E-state index in [-0.39, 0.29) is 30.5 Å². The molecule has 3 aromatic carbocycles. The summed E-state index contributed by atoms with van der Waals surface area (Å²) in [4.78, 5) is 23.6. The van der Waals surface area contributed by atoms with E-state index in [0.29, 0.717) is 58.8 Å². The van der Waals surface area contributed by atoms with Crippen molar-refractivity contribution in [2.24, 2.45) is 0 Å². The second-order valence-corrected chi connectivity index (χ2v) is 10.5. The molecule has 2 atom stereocenters. The summed E-state index contributed by atoms with van der Waals surface area (Å²) in [6, 6.07) is 16.9. The lowest BCUT2D eigenvalue weighted by Crippen LogP contribution is -2.36. The Morgan fingerprint density at radius 1 is 1.05 bits per heavy atom. The van der Waals surface area contributed by atoms with E-state index in [0.717, 1.165) is 18.5 Å². The number of anilines is 3. The number of carbonyl (C=O) groups is 1. The SMILES string of the molecule is O=C(C=CCN1C[C@@H]2OCCO[C@@H]2C1)Nc1ccc2ncnc(Nc3ccc(OCc4cccc(F)c4)c(Cl)c3)c2c1. The van der Waals surface area contributed by atoms with Gasteiger partial charge in [0.1, 0.15) is 30.3 Å². The summed E-state index contributed by atoms with van der Waals surface area (Å²) < 4.78 is 30.7. The van der Waals surface area contributed by atoms with Crippen LogP contribution in [0.5, 0.6) is 5.75 Å². The third-order valence-electron chi connectivity index (χ3n) is 7.05. The van der Waals surface area contributed by atoms with Crippen LogP contribution < -0.4 is 15.4 Å². The van der Waals surface area contributed by atoms with Crippen molar-refractivity contribution in [3.05, 3.63) is 95.5 Å². The van der Waals surface area contributed by atoms with Crippen LogP contribution in [-0.4, -0.2) is 65.8 Å². The predicted octanol–water partition coefficient (Wildman–Crippen LogP) is 5.34. The van der Waals surface area contributed by atoms with Crippen molar-refractivity contribution in [3.8, 4) is 5.75 Å². The van der Waals surface area contributed by atoms with Crippen LogP contribution in [-0.2, 0) is 20.9 Å². The Hall–Kier alpha value is -4.09. The highest BCUT2D eigenvalue weighted by Gasteiger charge is 2.35. The average molecular weight is 590 g/mol. The fourth-order valence-corrected chi connectivity index (χ4v) is 5.27. The summed E-state index contributed by atoms with van der Waals surface area (Å²) in [5.41, 5.74) is 2.71. The first-order valence-corrected chi connectivity index (χ1v) is 14.0.